The number of cyclic esters (lactones) is 1. The van der Waals surface area contributed by atoms with Gasteiger partial charge in [0.1, 0.15) is 17.6 Å². The number of carbonyl (C=O) groups excluding carboxylic acids is 1. The van der Waals surface area contributed by atoms with Gasteiger partial charge in [-0.3, -0.25) is 4.90 Å². The summed E-state index contributed by atoms with van der Waals surface area (Å²) in [6.07, 6.45) is 0.714. The third kappa shape index (κ3) is 3.94. The summed E-state index contributed by atoms with van der Waals surface area (Å²) in [5.74, 6) is -0.613. The van der Waals surface area contributed by atoms with Gasteiger partial charge < -0.3 is 9.84 Å². The van der Waals surface area contributed by atoms with Crippen LogP contribution in [0.4, 0.5) is 14.9 Å². The van der Waals surface area contributed by atoms with Crippen LogP contribution in [-0.4, -0.2) is 58.8 Å². The molecule has 1 atom stereocenters. The molecule has 30 heavy (non-hydrogen) atoms. The molecule has 2 aliphatic heterocycles. The van der Waals surface area contributed by atoms with E-state index in [1.807, 2.05) is 0 Å². The van der Waals surface area contributed by atoms with Crippen molar-refractivity contribution in [1.29, 1.82) is 0 Å². The molecule has 1 amide bonds. The van der Waals surface area contributed by atoms with Crippen LogP contribution in [0.5, 0.6) is 0 Å². The Labute approximate surface area is 172 Å². The van der Waals surface area contributed by atoms with E-state index in [2.05, 4.69) is 10.3 Å². The maximum Gasteiger partial charge on any atom is 0.414 e. The largest absolute Gasteiger partial charge is 0.442 e. The molecule has 3 heterocycles. The quantitative estimate of drug-likeness (QED) is 0.754. The molecule has 1 aromatic carbocycles. The van der Waals surface area contributed by atoms with Gasteiger partial charge in [-0.15, -0.1) is 5.10 Å². The zero-order chi connectivity index (χ0) is 21.5. The van der Waals surface area contributed by atoms with Crippen LogP contribution >= 0.6 is 0 Å². The summed E-state index contributed by atoms with van der Waals surface area (Å²) in [7, 11) is -3.09. The van der Waals surface area contributed by atoms with Crippen molar-refractivity contribution in [3.8, 4) is 0 Å². The predicted octanol–water partition coefficient (Wildman–Crippen LogP) is 1.45. The summed E-state index contributed by atoms with van der Waals surface area (Å²) in [6.45, 7) is 2.02. The Hall–Kier alpha value is -2.79. The van der Waals surface area contributed by atoms with E-state index in [-0.39, 0.29) is 37.6 Å². The summed E-state index contributed by atoms with van der Waals surface area (Å²) in [5, 5.41) is 17.0. The van der Waals surface area contributed by atoms with Gasteiger partial charge >= 0.3 is 6.09 Å². The van der Waals surface area contributed by atoms with Gasteiger partial charge in [0.15, 0.2) is 9.84 Å². The van der Waals surface area contributed by atoms with Gasteiger partial charge in [-0.1, -0.05) is 11.3 Å². The van der Waals surface area contributed by atoms with Gasteiger partial charge in [0.2, 0.25) is 0 Å². The molecule has 1 N–H and O–H groups in total. The average Bonchev–Trinajstić information content (AvgIpc) is 3.24. The minimum atomic E-state index is -3.09. The maximum atomic E-state index is 14.7. The summed E-state index contributed by atoms with van der Waals surface area (Å²) >= 11 is 0. The Bertz CT molecular complexity index is 1130. The van der Waals surface area contributed by atoms with E-state index >= 15 is 0 Å². The Morgan fingerprint density at radius 2 is 2.17 bits per heavy atom. The first-order valence-corrected chi connectivity index (χ1v) is 11.3. The molecule has 0 aliphatic carbocycles. The molecule has 4 rings (SSSR count). The number of sulfone groups is 1. The minimum Gasteiger partial charge on any atom is -0.442 e. The predicted molar refractivity (Wildman–Crippen MR) is 106 cm³/mol. The van der Waals surface area contributed by atoms with Crippen molar-refractivity contribution >= 4 is 27.2 Å². The standard InChI is InChI=1S/C19H21FN4O5S/c1-12-18(11-25)21-22-24(12)10-15-9-23(19(26)29-15)14-2-3-16(17(20)8-14)13-4-6-30(27,28)7-5-13/h2-4,8,15,25H,5-7,9-11H2,1H3/t15-/m1/s1. The molecule has 0 radical (unpaired) electrons. The monoisotopic (exact) mass is 436 g/mol. The molecule has 2 aliphatic rings. The molecule has 0 spiro atoms. The first-order valence-electron chi connectivity index (χ1n) is 9.45. The van der Waals surface area contributed by atoms with E-state index in [1.165, 1.54) is 17.0 Å². The van der Waals surface area contributed by atoms with Crippen LogP contribution in [0.3, 0.4) is 0 Å². The number of aliphatic hydroxyl groups is 1. The maximum absolute atomic E-state index is 14.7. The number of hydrogen-bond acceptors (Lipinski definition) is 7. The van der Waals surface area contributed by atoms with E-state index in [0.717, 1.165) is 0 Å². The molecular weight excluding hydrogens is 415 g/mol. The lowest BCUT2D eigenvalue weighted by Gasteiger charge is -2.17. The van der Waals surface area contributed by atoms with Crippen molar-refractivity contribution in [2.24, 2.45) is 0 Å². The zero-order valence-electron chi connectivity index (χ0n) is 16.3. The zero-order valence-corrected chi connectivity index (χ0v) is 17.1. The van der Waals surface area contributed by atoms with Crippen molar-refractivity contribution in [2.45, 2.75) is 32.6 Å². The highest BCUT2D eigenvalue weighted by Crippen LogP contribution is 2.30. The van der Waals surface area contributed by atoms with Crippen molar-refractivity contribution in [3.63, 3.8) is 0 Å². The lowest BCUT2D eigenvalue weighted by Crippen LogP contribution is -2.26. The lowest BCUT2D eigenvalue weighted by atomic mass is 10.0. The lowest BCUT2D eigenvalue weighted by molar-refractivity contribution is 0.128. The highest BCUT2D eigenvalue weighted by Gasteiger charge is 2.34. The second-order valence-electron chi connectivity index (χ2n) is 7.34. The fourth-order valence-electron chi connectivity index (χ4n) is 3.59. The smallest absolute Gasteiger partial charge is 0.414 e. The Kier molecular flexibility index (Phi) is 5.33. The van der Waals surface area contributed by atoms with E-state index in [1.54, 1.807) is 23.7 Å². The summed E-state index contributed by atoms with van der Waals surface area (Å²) in [4.78, 5) is 13.7. The van der Waals surface area contributed by atoms with Crippen LogP contribution in [0.15, 0.2) is 24.3 Å². The number of carbonyl (C=O) groups is 1. The third-order valence-corrected chi connectivity index (χ3v) is 6.86. The van der Waals surface area contributed by atoms with E-state index < -0.39 is 27.9 Å². The molecule has 1 saturated heterocycles. The van der Waals surface area contributed by atoms with E-state index in [9.17, 15) is 22.7 Å². The number of ether oxygens (including phenoxy) is 1. The SMILES string of the molecule is Cc1c(CO)nnn1C[C@H]1CN(c2ccc(C3=CCS(=O)(=O)CC3)c(F)c2)C(=O)O1. The Balaban J connectivity index is 1.49. The van der Waals surface area contributed by atoms with Crippen molar-refractivity contribution < 1.29 is 27.4 Å². The molecular formula is C19H21FN4O5S. The normalized spacial score (nSPS) is 20.9. The number of rotatable bonds is 5. The topological polar surface area (TPSA) is 115 Å². The van der Waals surface area contributed by atoms with Gasteiger partial charge in [0.25, 0.3) is 0 Å². The highest BCUT2D eigenvalue weighted by molar-refractivity contribution is 7.91. The number of hydrogen-bond donors (Lipinski definition) is 1. The second-order valence-corrected chi connectivity index (χ2v) is 9.56. The van der Waals surface area contributed by atoms with Crippen LogP contribution in [0, 0.1) is 12.7 Å². The molecule has 1 fully saturated rings. The van der Waals surface area contributed by atoms with Crippen LogP contribution in [0.1, 0.15) is 23.4 Å². The number of aromatic nitrogens is 3. The highest BCUT2D eigenvalue weighted by atomic mass is 32.2. The van der Waals surface area contributed by atoms with Crippen LogP contribution in [-0.2, 0) is 27.7 Å². The molecule has 9 nitrogen and oxygen atoms in total. The number of anilines is 1. The molecule has 160 valence electrons. The van der Waals surface area contributed by atoms with Gasteiger partial charge in [0, 0.05) is 5.56 Å². The molecule has 0 saturated carbocycles. The number of nitrogens with zero attached hydrogens (tertiary/aromatic N) is 4. The Morgan fingerprint density at radius 1 is 1.37 bits per heavy atom. The number of allylic oxidation sites excluding steroid dienone is 1. The van der Waals surface area contributed by atoms with E-state index in [0.29, 0.717) is 28.2 Å². The summed E-state index contributed by atoms with van der Waals surface area (Å²) in [5.41, 5.74) is 2.49. The summed E-state index contributed by atoms with van der Waals surface area (Å²) < 4.78 is 44.8. The first-order chi connectivity index (χ1) is 14.3. The summed E-state index contributed by atoms with van der Waals surface area (Å²) in [6, 6.07) is 4.44. The minimum absolute atomic E-state index is 0.000146. The fourth-order valence-corrected chi connectivity index (χ4v) is 4.74. The number of aliphatic hydroxyl groups excluding tert-OH is 1. The van der Waals surface area contributed by atoms with E-state index in [4.69, 9.17) is 4.74 Å². The Morgan fingerprint density at radius 3 is 2.80 bits per heavy atom. The second kappa shape index (κ2) is 7.80. The molecule has 0 bridgehead atoms. The average molecular weight is 436 g/mol. The van der Waals surface area contributed by atoms with Gasteiger partial charge in [0.05, 0.1) is 42.6 Å². The van der Waals surface area contributed by atoms with Gasteiger partial charge in [-0.2, -0.15) is 0 Å². The van der Waals surface area contributed by atoms with Crippen molar-refractivity contribution in [2.75, 3.05) is 23.0 Å². The van der Waals surface area contributed by atoms with Gasteiger partial charge in [-0.05, 0) is 37.1 Å². The molecule has 1 aromatic heterocycles. The van der Waals surface area contributed by atoms with Crippen LogP contribution < -0.4 is 4.90 Å². The number of amides is 1. The number of halogens is 1. The van der Waals surface area contributed by atoms with Crippen LogP contribution in [0.25, 0.3) is 5.57 Å². The fraction of sp³-hybridized carbons (Fsp3) is 0.421. The van der Waals surface area contributed by atoms with Crippen molar-refractivity contribution in [3.05, 3.63) is 47.0 Å². The third-order valence-electron chi connectivity index (χ3n) is 5.35. The van der Waals surface area contributed by atoms with Gasteiger partial charge in [-0.25, -0.2) is 22.3 Å². The van der Waals surface area contributed by atoms with Crippen LogP contribution in [0.2, 0.25) is 0 Å². The molecule has 11 heteroatoms. The first kappa shape index (κ1) is 20.5. The van der Waals surface area contributed by atoms with Crippen molar-refractivity contribution in [1.82, 2.24) is 15.0 Å². The molecule has 2 aromatic rings. The molecule has 0 unspecified atom stereocenters. The number of benzene rings is 1.